The highest BCUT2D eigenvalue weighted by Gasteiger charge is 2.27. The average molecular weight is 278 g/mol. The smallest absolute Gasteiger partial charge is 0.407 e. The summed E-state index contributed by atoms with van der Waals surface area (Å²) in [5, 5.41) is 2.74. The molecule has 1 fully saturated rings. The Morgan fingerprint density at radius 3 is 2.44 bits per heavy atom. The van der Waals surface area contributed by atoms with Crippen LogP contribution >= 0.6 is 0 Å². The molecule has 106 valence electrons. The van der Waals surface area contributed by atoms with E-state index >= 15 is 0 Å². The number of hydrogen-bond acceptors (Lipinski definition) is 4. The van der Waals surface area contributed by atoms with Crippen molar-refractivity contribution in [2.75, 3.05) is 25.4 Å². The molecule has 18 heavy (non-hydrogen) atoms. The maximum absolute atomic E-state index is 11.8. The monoisotopic (exact) mass is 278 g/mol. The zero-order valence-corrected chi connectivity index (χ0v) is 11.8. The molecule has 1 aliphatic rings. The van der Waals surface area contributed by atoms with E-state index in [0.29, 0.717) is 39.0 Å². The molecule has 1 aliphatic heterocycles. The summed E-state index contributed by atoms with van der Waals surface area (Å²) in [5.74, 6) is 0.197. The maximum Gasteiger partial charge on any atom is 0.407 e. The number of nitrogens with one attached hydrogen (secondary N) is 1. The second-order valence-electron chi connectivity index (χ2n) is 4.35. The van der Waals surface area contributed by atoms with E-state index in [1.54, 1.807) is 6.92 Å². The zero-order chi connectivity index (χ0) is 13.6. The molecule has 1 rings (SSSR count). The molecule has 0 spiro atoms. The van der Waals surface area contributed by atoms with Crippen molar-refractivity contribution in [1.82, 2.24) is 9.62 Å². The Labute approximate surface area is 109 Å². The predicted molar refractivity (Wildman–Crippen MR) is 68.8 cm³/mol. The summed E-state index contributed by atoms with van der Waals surface area (Å²) < 4.78 is 30.0. The van der Waals surface area contributed by atoms with Crippen molar-refractivity contribution < 1.29 is 17.9 Å². The number of sulfonamides is 1. The molecule has 1 saturated heterocycles. The van der Waals surface area contributed by atoms with Crippen molar-refractivity contribution in [3.05, 3.63) is 0 Å². The summed E-state index contributed by atoms with van der Waals surface area (Å²) in [5.41, 5.74) is 0. The molecule has 0 aromatic heterocycles. The SMILES string of the molecule is CCCS(=O)(=O)N1CCC(NC(=O)OCC)CC1. The van der Waals surface area contributed by atoms with Gasteiger partial charge in [0.15, 0.2) is 0 Å². The number of carbonyl (C=O) groups is 1. The first-order valence-electron chi connectivity index (χ1n) is 6.40. The lowest BCUT2D eigenvalue weighted by Crippen LogP contribution is -2.47. The maximum atomic E-state index is 11.8. The van der Waals surface area contributed by atoms with E-state index in [1.165, 1.54) is 4.31 Å². The highest BCUT2D eigenvalue weighted by Crippen LogP contribution is 2.15. The van der Waals surface area contributed by atoms with Crippen LogP contribution in [0, 0.1) is 0 Å². The molecule has 0 atom stereocenters. The number of alkyl carbamates (subject to hydrolysis) is 1. The molecular formula is C11H22N2O4S. The van der Waals surface area contributed by atoms with E-state index in [-0.39, 0.29) is 11.8 Å². The van der Waals surface area contributed by atoms with Gasteiger partial charge in [-0.15, -0.1) is 0 Å². The van der Waals surface area contributed by atoms with Crippen molar-refractivity contribution >= 4 is 16.1 Å². The topological polar surface area (TPSA) is 75.7 Å². The van der Waals surface area contributed by atoms with Crippen LogP contribution in [0.25, 0.3) is 0 Å². The molecule has 0 saturated carbocycles. The minimum Gasteiger partial charge on any atom is -0.450 e. The van der Waals surface area contributed by atoms with Gasteiger partial charge in [0.25, 0.3) is 0 Å². The van der Waals surface area contributed by atoms with Gasteiger partial charge in [0, 0.05) is 19.1 Å². The van der Waals surface area contributed by atoms with E-state index < -0.39 is 16.1 Å². The highest BCUT2D eigenvalue weighted by atomic mass is 32.2. The van der Waals surface area contributed by atoms with Crippen LogP contribution < -0.4 is 5.32 Å². The first-order valence-corrected chi connectivity index (χ1v) is 8.01. The Bertz CT molecular complexity index is 361. The second-order valence-corrected chi connectivity index (χ2v) is 6.44. The van der Waals surface area contributed by atoms with Gasteiger partial charge in [-0.1, -0.05) is 6.92 Å². The van der Waals surface area contributed by atoms with Crippen LogP contribution in [-0.4, -0.2) is 50.3 Å². The molecule has 0 unspecified atom stereocenters. The minimum absolute atomic E-state index is 0.0112. The Morgan fingerprint density at radius 1 is 1.33 bits per heavy atom. The van der Waals surface area contributed by atoms with Gasteiger partial charge < -0.3 is 10.1 Å². The Balaban J connectivity index is 2.39. The van der Waals surface area contributed by atoms with Gasteiger partial charge in [0.1, 0.15) is 0 Å². The summed E-state index contributed by atoms with van der Waals surface area (Å²) in [6.45, 7) is 4.89. The minimum atomic E-state index is -3.11. The van der Waals surface area contributed by atoms with Gasteiger partial charge in [-0.05, 0) is 26.2 Å². The van der Waals surface area contributed by atoms with Gasteiger partial charge in [-0.25, -0.2) is 17.5 Å². The molecule has 1 N–H and O–H groups in total. The van der Waals surface area contributed by atoms with Crippen molar-refractivity contribution in [3.8, 4) is 0 Å². The third kappa shape index (κ3) is 4.45. The molecule has 6 nitrogen and oxygen atoms in total. The van der Waals surface area contributed by atoms with E-state index in [9.17, 15) is 13.2 Å². The van der Waals surface area contributed by atoms with Crippen LogP contribution in [0.15, 0.2) is 0 Å². The van der Waals surface area contributed by atoms with Crippen molar-refractivity contribution in [3.63, 3.8) is 0 Å². The number of nitrogens with zero attached hydrogens (tertiary/aromatic N) is 1. The number of piperidine rings is 1. The summed E-state index contributed by atoms with van der Waals surface area (Å²) >= 11 is 0. The van der Waals surface area contributed by atoms with Crippen LogP contribution in [0.1, 0.15) is 33.1 Å². The van der Waals surface area contributed by atoms with Crippen molar-refractivity contribution in [2.45, 2.75) is 39.2 Å². The van der Waals surface area contributed by atoms with Crippen molar-refractivity contribution in [2.24, 2.45) is 0 Å². The Hall–Kier alpha value is -0.820. The first kappa shape index (κ1) is 15.2. The average Bonchev–Trinajstić information content (AvgIpc) is 2.30. The number of rotatable bonds is 5. The fraction of sp³-hybridized carbons (Fsp3) is 0.909. The summed E-state index contributed by atoms with van der Waals surface area (Å²) in [4.78, 5) is 11.2. The third-order valence-corrected chi connectivity index (χ3v) is 4.98. The van der Waals surface area contributed by atoms with Crippen LogP contribution in [0.5, 0.6) is 0 Å². The largest absolute Gasteiger partial charge is 0.450 e. The molecular weight excluding hydrogens is 256 g/mol. The molecule has 0 bridgehead atoms. The number of ether oxygens (including phenoxy) is 1. The highest BCUT2D eigenvalue weighted by molar-refractivity contribution is 7.89. The molecule has 0 aliphatic carbocycles. The molecule has 0 radical (unpaired) electrons. The van der Waals surface area contributed by atoms with Gasteiger partial charge in [-0.3, -0.25) is 0 Å². The van der Waals surface area contributed by atoms with Gasteiger partial charge in [-0.2, -0.15) is 0 Å². The second kappa shape index (κ2) is 6.94. The lowest BCUT2D eigenvalue weighted by Gasteiger charge is -2.31. The van der Waals surface area contributed by atoms with Crippen LogP contribution in [0.3, 0.4) is 0 Å². The van der Waals surface area contributed by atoms with Crippen molar-refractivity contribution in [1.29, 1.82) is 0 Å². The fourth-order valence-electron chi connectivity index (χ4n) is 2.00. The lowest BCUT2D eigenvalue weighted by atomic mass is 10.1. The van der Waals surface area contributed by atoms with E-state index in [2.05, 4.69) is 5.32 Å². The normalized spacial score (nSPS) is 18.6. The molecule has 0 aromatic rings. The van der Waals surface area contributed by atoms with E-state index in [4.69, 9.17) is 4.74 Å². The summed E-state index contributed by atoms with van der Waals surface area (Å²) in [7, 11) is -3.11. The van der Waals surface area contributed by atoms with Crippen LogP contribution in [0.4, 0.5) is 4.79 Å². The summed E-state index contributed by atoms with van der Waals surface area (Å²) in [6.07, 6.45) is 1.49. The van der Waals surface area contributed by atoms with Gasteiger partial charge in [0.2, 0.25) is 10.0 Å². The quantitative estimate of drug-likeness (QED) is 0.812. The molecule has 0 aromatic carbocycles. The molecule has 1 heterocycles. The molecule has 1 amide bonds. The number of amides is 1. The van der Waals surface area contributed by atoms with E-state index in [0.717, 1.165) is 0 Å². The Morgan fingerprint density at radius 2 is 1.94 bits per heavy atom. The lowest BCUT2D eigenvalue weighted by molar-refractivity contribution is 0.143. The van der Waals surface area contributed by atoms with Gasteiger partial charge in [0.05, 0.1) is 12.4 Å². The van der Waals surface area contributed by atoms with E-state index in [1.807, 2.05) is 6.92 Å². The standard InChI is InChI=1S/C11H22N2O4S/c1-3-9-18(15,16)13-7-5-10(6-8-13)12-11(14)17-4-2/h10H,3-9H2,1-2H3,(H,12,14). The third-order valence-electron chi connectivity index (χ3n) is 2.91. The van der Waals surface area contributed by atoms with Crippen LogP contribution in [-0.2, 0) is 14.8 Å². The molecule has 7 heteroatoms. The number of carbonyl (C=O) groups excluding carboxylic acids is 1. The number of hydrogen-bond donors (Lipinski definition) is 1. The fourth-order valence-corrected chi connectivity index (χ4v) is 3.55. The Kier molecular flexibility index (Phi) is 5.87. The predicted octanol–water partition coefficient (Wildman–Crippen LogP) is 0.937. The van der Waals surface area contributed by atoms with Crippen LogP contribution in [0.2, 0.25) is 0 Å². The summed E-state index contributed by atoms with van der Waals surface area (Å²) in [6, 6.07) is 0.0112. The van der Waals surface area contributed by atoms with Gasteiger partial charge >= 0.3 is 6.09 Å². The first-order chi connectivity index (χ1) is 8.49. The zero-order valence-electron chi connectivity index (χ0n) is 11.0.